The number of amides is 2. The summed E-state index contributed by atoms with van der Waals surface area (Å²) < 4.78 is 11.1. The fourth-order valence-electron chi connectivity index (χ4n) is 5.83. The summed E-state index contributed by atoms with van der Waals surface area (Å²) >= 11 is 0. The van der Waals surface area contributed by atoms with Gasteiger partial charge in [-0.05, 0) is 42.0 Å². The number of fused-ring (bicyclic) bond motifs is 3. The van der Waals surface area contributed by atoms with E-state index in [1.807, 2.05) is 24.3 Å². The molecule has 0 spiro atoms. The first-order valence-corrected chi connectivity index (χ1v) is 12.2. The number of carboxylic acids is 1. The molecular weight excluding hydrogens is 448 g/mol. The van der Waals surface area contributed by atoms with Gasteiger partial charge < -0.3 is 24.8 Å². The summed E-state index contributed by atoms with van der Waals surface area (Å²) in [6.45, 7) is 2.40. The van der Waals surface area contributed by atoms with Crippen molar-refractivity contribution in [3.8, 4) is 11.1 Å². The van der Waals surface area contributed by atoms with Crippen molar-refractivity contribution in [2.45, 2.75) is 50.3 Å². The van der Waals surface area contributed by atoms with Crippen molar-refractivity contribution in [3.63, 3.8) is 0 Å². The predicted molar refractivity (Wildman–Crippen MR) is 128 cm³/mol. The highest BCUT2D eigenvalue weighted by Gasteiger charge is 2.44. The number of aliphatic carboxylic acids is 1. The molecule has 0 radical (unpaired) electrons. The van der Waals surface area contributed by atoms with Gasteiger partial charge in [-0.3, -0.25) is 4.79 Å². The van der Waals surface area contributed by atoms with E-state index in [-0.39, 0.29) is 31.0 Å². The molecule has 2 fully saturated rings. The molecule has 8 nitrogen and oxygen atoms in total. The molecule has 2 unspecified atom stereocenters. The zero-order valence-electron chi connectivity index (χ0n) is 19.7. The number of rotatable bonds is 5. The molecule has 0 aromatic heterocycles. The zero-order valence-corrected chi connectivity index (χ0v) is 19.7. The highest BCUT2D eigenvalue weighted by molar-refractivity contribution is 5.87. The number of morpholine rings is 1. The van der Waals surface area contributed by atoms with Gasteiger partial charge in [-0.1, -0.05) is 55.0 Å². The standard InChI is InChI=1S/C27H30N2O6/c1-16-24(26(31)32)29(13-14-34-16)25(30)21-11-6-12-23(21)28-27(33)35-15-22-19-9-4-2-7-17(19)18-8-3-5-10-20(18)22/h2-5,7-10,16,21-24H,6,11-15H2,1H3,(H,28,33)(H,31,32)/t16?,21-,23+,24?/m1/s1. The molecular formula is C27H30N2O6. The molecule has 2 N–H and O–H groups in total. The Hall–Kier alpha value is -3.39. The molecule has 8 heteroatoms. The number of carbonyl (C=O) groups excluding carboxylic acids is 2. The van der Waals surface area contributed by atoms with Crippen LogP contribution in [-0.4, -0.2) is 65.9 Å². The first-order chi connectivity index (χ1) is 17.0. The van der Waals surface area contributed by atoms with Crippen molar-refractivity contribution >= 4 is 18.0 Å². The summed E-state index contributed by atoms with van der Waals surface area (Å²) in [6.07, 6.45) is 0.896. The van der Waals surface area contributed by atoms with E-state index in [0.29, 0.717) is 19.4 Å². The van der Waals surface area contributed by atoms with Crippen LogP contribution in [0.15, 0.2) is 48.5 Å². The summed E-state index contributed by atoms with van der Waals surface area (Å²) in [4.78, 5) is 39.3. The van der Waals surface area contributed by atoms with Crippen molar-refractivity contribution in [2.75, 3.05) is 19.8 Å². The highest BCUT2D eigenvalue weighted by Crippen LogP contribution is 2.44. The van der Waals surface area contributed by atoms with Crippen LogP contribution in [0.4, 0.5) is 4.79 Å². The maximum atomic E-state index is 13.3. The molecule has 1 saturated heterocycles. The van der Waals surface area contributed by atoms with Crippen LogP contribution in [0, 0.1) is 5.92 Å². The first-order valence-electron chi connectivity index (χ1n) is 12.2. The third-order valence-electron chi connectivity index (χ3n) is 7.51. The number of nitrogens with one attached hydrogen (secondary N) is 1. The summed E-state index contributed by atoms with van der Waals surface area (Å²) in [6, 6.07) is 14.9. The number of alkyl carbamates (subject to hydrolysis) is 1. The normalized spacial score (nSPS) is 25.6. The molecule has 0 bridgehead atoms. The van der Waals surface area contributed by atoms with Gasteiger partial charge in [-0.25, -0.2) is 9.59 Å². The molecule has 5 rings (SSSR count). The van der Waals surface area contributed by atoms with Crippen LogP contribution < -0.4 is 5.32 Å². The van der Waals surface area contributed by atoms with E-state index in [2.05, 4.69) is 29.6 Å². The Balaban J connectivity index is 1.23. The molecule has 1 aliphatic heterocycles. The van der Waals surface area contributed by atoms with Gasteiger partial charge in [0, 0.05) is 18.5 Å². The third-order valence-corrected chi connectivity index (χ3v) is 7.51. The van der Waals surface area contributed by atoms with Crippen molar-refractivity contribution < 1.29 is 29.0 Å². The molecule has 3 aliphatic rings. The lowest BCUT2D eigenvalue weighted by Gasteiger charge is -2.39. The van der Waals surface area contributed by atoms with E-state index in [0.717, 1.165) is 28.7 Å². The van der Waals surface area contributed by atoms with E-state index in [9.17, 15) is 19.5 Å². The summed E-state index contributed by atoms with van der Waals surface area (Å²) in [5.41, 5.74) is 4.59. The fraction of sp³-hybridized carbons (Fsp3) is 0.444. The topological polar surface area (TPSA) is 105 Å². The maximum absolute atomic E-state index is 13.3. The molecule has 2 aliphatic carbocycles. The second kappa shape index (κ2) is 9.70. The van der Waals surface area contributed by atoms with Gasteiger partial charge in [0.15, 0.2) is 6.04 Å². The third kappa shape index (κ3) is 4.38. The Labute approximate surface area is 204 Å². The Morgan fingerprint density at radius 2 is 1.71 bits per heavy atom. The monoisotopic (exact) mass is 478 g/mol. The maximum Gasteiger partial charge on any atom is 0.407 e. The molecule has 184 valence electrons. The second-order valence-electron chi connectivity index (χ2n) is 9.50. The van der Waals surface area contributed by atoms with Gasteiger partial charge in [0.1, 0.15) is 6.61 Å². The Morgan fingerprint density at radius 3 is 2.37 bits per heavy atom. The second-order valence-corrected chi connectivity index (χ2v) is 9.50. The summed E-state index contributed by atoms with van der Waals surface area (Å²) in [7, 11) is 0. The summed E-state index contributed by atoms with van der Waals surface area (Å²) in [5, 5.41) is 12.5. The van der Waals surface area contributed by atoms with Crippen LogP contribution in [0.25, 0.3) is 11.1 Å². The number of carboxylic acid groups (broad SMARTS) is 1. The van der Waals surface area contributed by atoms with Gasteiger partial charge in [-0.2, -0.15) is 0 Å². The number of ether oxygens (including phenoxy) is 2. The van der Waals surface area contributed by atoms with Gasteiger partial charge in [0.2, 0.25) is 5.91 Å². The van der Waals surface area contributed by atoms with Crippen LogP contribution in [-0.2, 0) is 19.1 Å². The van der Waals surface area contributed by atoms with Crippen molar-refractivity contribution in [1.82, 2.24) is 10.2 Å². The number of nitrogens with zero attached hydrogens (tertiary/aromatic N) is 1. The van der Waals surface area contributed by atoms with E-state index < -0.39 is 30.1 Å². The molecule has 35 heavy (non-hydrogen) atoms. The van der Waals surface area contributed by atoms with Crippen LogP contribution >= 0.6 is 0 Å². The lowest BCUT2D eigenvalue weighted by Crippen LogP contribution is -2.59. The predicted octanol–water partition coefficient (Wildman–Crippen LogP) is 3.39. The fourth-order valence-corrected chi connectivity index (χ4v) is 5.83. The number of carbonyl (C=O) groups is 3. The Bertz CT molecular complexity index is 1090. The van der Waals surface area contributed by atoms with E-state index in [1.54, 1.807) is 6.92 Å². The van der Waals surface area contributed by atoms with E-state index in [1.165, 1.54) is 4.90 Å². The van der Waals surface area contributed by atoms with Crippen molar-refractivity contribution in [2.24, 2.45) is 5.92 Å². The molecule has 4 atom stereocenters. The lowest BCUT2D eigenvalue weighted by atomic mass is 9.98. The van der Waals surface area contributed by atoms with Gasteiger partial charge in [0.25, 0.3) is 0 Å². The SMILES string of the molecule is CC1OCCN(C(=O)[C@@H]2CCC[C@@H]2NC(=O)OCC2c3ccccc3-c3ccccc32)C1C(=O)O. The lowest BCUT2D eigenvalue weighted by molar-refractivity contribution is -0.167. The van der Waals surface area contributed by atoms with E-state index >= 15 is 0 Å². The average molecular weight is 479 g/mol. The minimum Gasteiger partial charge on any atom is -0.480 e. The largest absolute Gasteiger partial charge is 0.480 e. The average Bonchev–Trinajstić information content (AvgIpc) is 3.44. The highest BCUT2D eigenvalue weighted by atomic mass is 16.5. The first kappa shape index (κ1) is 23.4. The quantitative estimate of drug-likeness (QED) is 0.683. The van der Waals surface area contributed by atoms with Gasteiger partial charge >= 0.3 is 12.1 Å². The molecule has 1 saturated carbocycles. The smallest absolute Gasteiger partial charge is 0.407 e. The van der Waals surface area contributed by atoms with Crippen molar-refractivity contribution in [3.05, 3.63) is 59.7 Å². The molecule has 2 amide bonds. The molecule has 2 aromatic rings. The zero-order chi connectivity index (χ0) is 24.5. The van der Waals surface area contributed by atoms with Gasteiger partial charge in [-0.15, -0.1) is 0 Å². The number of benzene rings is 2. The van der Waals surface area contributed by atoms with Crippen molar-refractivity contribution in [1.29, 1.82) is 0 Å². The minimum atomic E-state index is -1.08. The Kier molecular flexibility index (Phi) is 6.47. The summed E-state index contributed by atoms with van der Waals surface area (Å²) in [5.74, 6) is -1.83. The van der Waals surface area contributed by atoms with Crippen LogP contribution in [0.5, 0.6) is 0 Å². The number of hydrogen-bond donors (Lipinski definition) is 2. The number of hydrogen-bond acceptors (Lipinski definition) is 5. The van der Waals surface area contributed by atoms with Gasteiger partial charge in [0.05, 0.1) is 18.6 Å². The van der Waals surface area contributed by atoms with Crippen LogP contribution in [0.2, 0.25) is 0 Å². The molecule has 2 aromatic carbocycles. The Morgan fingerprint density at radius 1 is 1.06 bits per heavy atom. The van der Waals surface area contributed by atoms with Crippen LogP contribution in [0.3, 0.4) is 0 Å². The molecule has 1 heterocycles. The minimum absolute atomic E-state index is 0.0414. The van der Waals surface area contributed by atoms with Crippen LogP contribution in [0.1, 0.15) is 43.2 Å². The van der Waals surface area contributed by atoms with E-state index in [4.69, 9.17) is 9.47 Å².